The van der Waals surface area contributed by atoms with E-state index in [1.165, 1.54) is 11.1 Å². The minimum Gasteiger partial charge on any atom is -0.383 e. The Kier molecular flexibility index (Phi) is 3.97. The molecule has 4 nitrogen and oxygen atoms in total. The predicted octanol–water partition coefficient (Wildman–Crippen LogP) is 2.98. The molecule has 2 aromatic heterocycles. The van der Waals surface area contributed by atoms with E-state index in [4.69, 9.17) is 9.72 Å². The molecule has 0 N–H and O–H groups in total. The second-order valence-electron chi connectivity index (χ2n) is 5.18. The second kappa shape index (κ2) is 6.06. The molecule has 2 heterocycles. The molecule has 0 aliphatic heterocycles. The molecule has 1 aromatic carbocycles. The largest absolute Gasteiger partial charge is 0.383 e. The smallest absolute Gasteiger partial charge is 0.160 e. The third-order valence-corrected chi connectivity index (χ3v) is 3.58. The Bertz CT molecular complexity index is 731. The summed E-state index contributed by atoms with van der Waals surface area (Å²) in [6.07, 6.45) is 2.61. The molecule has 0 bridgehead atoms. The zero-order valence-corrected chi connectivity index (χ0v) is 12.4. The lowest BCUT2D eigenvalue weighted by Crippen LogP contribution is -2.09. The number of imidazole rings is 1. The first-order valence-corrected chi connectivity index (χ1v) is 7.12. The number of hydrogen-bond acceptors (Lipinski definition) is 3. The Labute approximate surface area is 124 Å². The maximum Gasteiger partial charge on any atom is 0.160 e. The van der Waals surface area contributed by atoms with Crippen LogP contribution < -0.4 is 0 Å². The zero-order valence-electron chi connectivity index (χ0n) is 12.4. The van der Waals surface area contributed by atoms with E-state index in [0.717, 1.165) is 30.0 Å². The molecule has 0 aliphatic carbocycles. The van der Waals surface area contributed by atoms with Gasteiger partial charge in [-0.25, -0.2) is 9.97 Å². The summed E-state index contributed by atoms with van der Waals surface area (Å²) in [5.41, 5.74) is 4.40. The van der Waals surface area contributed by atoms with Crippen molar-refractivity contribution in [1.29, 1.82) is 0 Å². The molecule has 0 atom stereocenters. The van der Waals surface area contributed by atoms with E-state index in [9.17, 15) is 0 Å². The van der Waals surface area contributed by atoms with E-state index >= 15 is 0 Å². The van der Waals surface area contributed by atoms with Crippen molar-refractivity contribution in [3.05, 3.63) is 59.5 Å². The maximum absolute atomic E-state index is 5.21. The number of pyridine rings is 1. The van der Waals surface area contributed by atoms with Gasteiger partial charge in [-0.1, -0.05) is 29.8 Å². The number of hydrogen-bond donors (Lipinski definition) is 0. The van der Waals surface area contributed by atoms with Crippen molar-refractivity contribution < 1.29 is 4.74 Å². The van der Waals surface area contributed by atoms with Crippen molar-refractivity contribution in [1.82, 2.24) is 14.5 Å². The van der Waals surface area contributed by atoms with Crippen LogP contribution in [-0.2, 0) is 17.7 Å². The summed E-state index contributed by atoms with van der Waals surface area (Å²) in [5, 5.41) is 0. The molecule has 3 aromatic rings. The molecule has 0 spiro atoms. The molecule has 0 aliphatic rings. The second-order valence-corrected chi connectivity index (χ2v) is 5.18. The molecule has 0 fully saturated rings. The van der Waals surface area contributed by atoms with Gasteiger partial charge in [-0.2, -0.15) is 0 Å². The van der Waals surface area contributed by atoms with E-state index in [0.29, 0.717) is 6.61 Å². The average Bonchev–Trinajstić information content (AvgIpc) is 2.85. The summed E-state index contributed by atoms with van der Waals surface area (Å²) in [6.45, 7) is 3.52. The molecule has 0 unspecified atom stereocenters. The summed E-state index contributed by atoms with van der Waals surface area (Å²) in [6, 6.07) is 12.5. The van der Waals surface area contributed by atoms with Crippen LogP contribution in [0, 0.1) is 6.92 Å². The van der Waals surface area contributed by atoms with Crippen molar-refractivity contribution in [3.8, 4) is 0 Å². The molecule has 0 radical (unpaired) electrons. The molecular weight excluding hydrogens is 262 g/mol. The minimum absolute atomic E-state index is 0.656. The van der Waals surface area contributed by atoms with Gasteiger partial charge < -0.3 is 9.30 Å². The molecule has 21 heavy (non-hydrogen) atoms. The van der Waals surface area contributed by atoms with E-state index in [1.54, 1.807) is 7.11 Å². The van der Waals surface area contributed by atoms with Gasteiger partial charge in [0.2, 0.25) is 0 Å². The van der Waals surface area contributed by atoms with Crippen LogP contribution in [0.3, 0.4) is 0 Å². The quantitative estimate of drug-likeness (QED) is 0.722. The van der Waals surface area contributed by atoms with Gasteiger partial charge in [0.05, 0.1) is 6.61 Å². The van der Waals surface area contributed by atoms with Gasteiger partial charge in [-0.05, 0) is 24.6 Å². The van der Waals surface area contributed by atoms with Gasteiger partial charge in [-0.3, -0.25) is 0 Å². The molecule has 3 rings (SSSR count). The lowest BCUT2D eigenvalue weighted by Gasteiger charge is -2.08. The van der Waals surface area contributed by atoms with E-state index < -0.39 is 0 Å². The number of aromatic nitrogens is 3. The van der Waals surface area contributed by atoms with Gasteiger partial charge >= 0.3 is 0 Å². The van der Waals surface area contributed by atoms with Gasteiger partial charge in [0.1, 0.15) is 11.3 Å². The fourth-order valence-electron chi connectivity index (χ4n) is 2.45. The first kappa shape index (κ1) is 13.8. The van der Waals surface area contributed by atoms with E-state index in [-0.39, 0.29) is 0 Å². The maximum atomic E-state index is 5.21. The molecule has 0 amide bonds. The molecule has 0 saturated heterocycles. The predicted molar refractivity (Wildman–Crippen MR) is 83.4 cm³/mol. The van der Waals surface area contributed by atoms with Crippen molar-refractivity contribution in [3.63, 3.8) is 0 Å². The average molecular weight is 281 g/mol. The lowest BCUT2D eigenvalue weighted by molar-refractivity contribution is 0.187. The van der Waals surface area contributed by atoms with Crippen molar-refractivity contribution in [2.75, 3.05) is 13.7 Å². The topological polar surface area (TPSA) is 39.9 Å². The molecule has 4 heteroatoms. The number of aryl methyl sites for hydroxylation is 1. The normalized spacial score (nSPS) is 11.1. The van der Waals surface area contributed by atoms with Crippen LogP contribution in [-0.4, -0.2) is 28.3 Å². The standard InChI is InChI=1S/C17H19N3O/c1-13-5-7-14(8-6-13)12-16-19-15-4-3-9-18-17(15)20(16)10-11-21-2/h3-9H,10-12H2,1-2H3. The van der Waals surface area contributed by atoms with Crippen molar-refractivity contribution in [2.45, 2.75) is 19.9 Å². The Morgan fingerprint density at radius 2 is 1.95 bits per heavy atom. The number of methoxy groups -OCH3 is 1. The van der Waals surface area contributed by atoms with Crippen LogP contribution in [0.5, 0.6) is 0 Å². The van der Waals surface area contributed by atoms with E-state index in [1.807, 2.05) is 18.3 Å². The van der Waals surface area contributed by atoms with Gasteiger partial charge in [0, 0.05) is 26.3 Å². The molecule has 0 saturated carbocycles. The number of fused-ring (bicyclic) bond motifs is 1. The van der Waals surface area contributed by atoms with E-state index in [2.05, 4.69) is 40.7 Å². The Morgan fingerprint density at radius 1 is 1.14 bits per heavy atom. The van der Waals surface area contributed by atoms with Crippen LogP contribution in [0.1, 0.15) is 17.0 Å². The minimum atomic E-state index is 0.656. The highest BCUT2D eigenvalue weighted by molar-refractivity contribution is 5.71. The number of benzene rings is 1. The summed E-state index contributed by atoms with van der Waals surface area (Å²) in [7, 11) is 1.71. The fraction of sp³-hybridized carbons (Fsp3) is 0.294. The van der Waals surface area contributed by atoms with Crippen LogP contribution in [0.15, 0.2) is 42.6 Å². The highest BCUT2D eigenvalue weighted by atomic mass is 16.5. The Morgan fingerprint density at radius 3 is 2.71 bits per heavy atom. The van der Waals surface area contributed by atoms with Crippen LogP contribution in [0.4, 0.5) is 0 Å². The monoisotopic (exact) mass is 281 g/mol. The van der Waals surface area contributed by atoms with Crippen LogP contribution >= 0.6 is 0 Å². The van der Waals surface area contributed by atoms with Gasteiger partial charge in [-0.15, -0.1) is 0 Å². The van der Waals surface area contributed by atoms with Crippen molar-refractivity contribution >= 4 is 11.2 Å². The van der Waals surface area contributed by atoms with Crippen LogP contribution in [0.25, 0.3) is 11.2 Å². The molecular formula is C17H19N3O. The summed E-state index contributed by atoms with van der Waals surface area (Å²) in [5.74, 6) is 1.03. The first-order chi connectivity index (χ1) is 10.3. The van der Waals surface area contributed by atoms with Crippen LogP contribution in [0.2, 0.25) is 0 Å². The third-order valence-electron chi connectivity index (χ3n) is 3.58. The number of nitrogens with zero attached hydrogens (tertiary/aromatic N) is 3. The highest BCUT2D eigenvalue weighted by Crippen LogP contribution is 2.17. The molecule has 108 valence electrons. The zero-order chi connectivity index (χ0) is 14.7. The fourth-order valence-corrected chi connectivity index (χ4v) is 2.45. The Hall–Kier alpha value is -2.20. The highest BCUT2D eigenvalue weighted by Gasteiger charge is 2.11. The SMILES string of the molecule is COCCn1c(Cc2ccc(C)cc2)nc2cccnc21. The Balaban J connectivity index is 1.97. The third kappa shape index (κ3) is 2.95. The summed E-state index contributed by atoms with van der Waals surface area (Å²) in [4.78, 5) is 9.18. The first-order valence-electron chi connectivity index (χ1n) is 7.12. The van der Waals surface area contributed by atoms with Gasteiger partial charge in [0.25, 0.3) is 0 Å². The van der Waals surface area contributed by atoms with Crippen molar-refractivity contribution in [2.24, 2.45) is 0 Å². The summed E-state index contributed by atoms with van der Waals surface area (Å²) >= 11 is 0. The summed E-state index contributed by atoms with van der Waals surface area (Å²) < 4.78 is 7.36. The number of ether oxygens (including phenoxy) is 1. The van der Waals surface area contributed by atoms with Gasteiger partial charge in [0.15, 0.2) is 5.65 Å². The number of rotatable bonds is 5. The lowest BCUT2D eigenvalue weighted by atomic mass is 10.1.